The Balaban J connectivity index is 1.87. The zero-order valence-corrected chi connectivity index (χ0v) is 25.6. The number of carbonyl (C=O) groups excluding carboxylic acids is 3. The van der Waals surface area contributed by atoms with Crippen LogP contribution in [0.1, 0.15) is 100 Å². The first-order valence-electron chi connectivity index (χ1n) is 14.7. The van der Waals surface area contributed by atoms with Crippen molar-refractivity contribution in [3.63, 3.8) is 0 Å². The minimum absolute atomic E-state index is 0.0140. The number of carbonyl (C=O) groups is 3. The summed E-state index contributed by atoms with van der Waals surface area (Å²) in [4.78, 5) is 34.7. The van der Waals surface area contributed by atoms with Crippen molar-refractivity contribution in [2.75, 3.05) is 13.2 Å². The number of aliphatic hydroxyl groups excluding tert-OH is 1. The molecule has 2 saturated carbocycles. The Morgan fingerprint density at radius 1 is 0.950 bits per heavy atom. The van der Waals surface area contributed by atoms with Gasteiger partial charge in [0, 0.05) is 20.8 Å². The van der Waals surface area contributed by atoms with Gasteiger partial charge in [-0.15, -0.1) is 0 Å². The van der Waals surface area contributed by atoms with Crippen LogP contribution in [0.2, 0.25) is 0 Å². The molecule has 1 heterocycles. The average molecular weight is 567 g/mol. The minimum atomic E-state index is -1.32. The number of ether oxygens (including phenoxy) is 5. The third-order valence-electron chi connectivity index (χ3n) is 9.70. The van der Waals surface area contributed by atoms with Gasteiger partial charge in [0.2, 0.25) is 0 Å². The van der Waals surface area contributed by atoms with Gasteiger partial charge in [-0.25, -0.2) is 0 Å². The number of allylic oxidation sites excluding steroid dienone is 1. The second-order valence-electron chi connectivity index (χ2n) is 13.2. The zero-order valence-electron chi connectivity index (χ0n) is 25.6. The Kier molecular flexibility index (Phi) is 10.5. The summed E-state index contributed by atoms with van der Waals surface area (Å²) in [5.41, 5.74) is 0.762. The first-order valence-corrected chi connectivity index (χ1v) is 14.7. The smallest absolute Gasteiger partial charge is 0.303 e. The lowest BCUT2D eigenvalue weighted by Gasteiger charge is -2.63. The molecule has 0 aromatic heterocycles. The van der Waals surface area contributed by atoms with Gasteiger partial charge < -0.3 is 28.8 Å². The minimum Gasteiger partial charge on any atom is -0.462 e. The molecule has 228 valence electrons. The predicted octanol–water partition coefficient (Wildman–Crippen LogP) is 4.87. The van der Waals surface area contributed by atoms with E-state index >= 15 is 0 Å². The third kappa shape index (κ3) is 7.45. The van der Waals surface area contributed by atoms with Gasteiger partial charge in [-0.2, -0.15) is 0 Å². The summed E-state index contributed by atoms with van der Waals surface area (Å²) < 4.78 is 28.5. The maximum absolute atomic E-state index is 11.8. The van der Waals surface area contributed by atoms with E-state index in [0.29, 0.717) is 5.92 Å². The van der Waals surface area contributed by atoms with E-state index in [4.69, 9.17) is 23.7 Å². The van der Waals surface area contributed by atoms with Crippen molar-refractivity contribution < 1.29 is 43.2 Å². The fraction of sp³-hybridized carbons (Fsp3) is 0.839. The molecular weight excluding hydrogens is 516 g/mol. The lowest BCUT2D eigenvalue weighted by Crippen LogP contribution is -2.62. The fourth-order valence-electron chi connectivity index (χ4n) is 7.94. The molecule has 8 unspecified atom stereocenters. The van der Waals surface area contributed by atoms with Crippen LogP contribution in [0.3, 0.4) is 0 Å². The van der Waals surface area contributed by atoms with Crippen molar-refractivity contribution in [3.8, 4) is 0 Å². The van der Waals surface area contributed by atoms with Gasteiger partial charge in [0.05, 0.1) is 12.2 Å². The molecule has 1 saturated heterocycles. The van der Waals surface area contributed by atoms with E-state index in [-0.39, 0.29) is 35.9 Å². The normalized spacial score (nSPS) is 37.7. The van der Waals surface area contributed by atoms with E-state index < -0.39 is 42.1 Å². The summed E-state index contributed by atoms with van der Waals surface area (Å²) in [6.45, 7) is 15.5. The molecule has 9 heteroatoms. The largest absolute Gasteiger partial charge is 0.462 e. The molecule has 0 aromatic carbocycles. The maximum Gasteiger partial charge on any atom is 0.303 e. The Labute approximate surface area is 239 Å². The molecule has 9 nitrogen and oxygen atoms in total. The maximum atomic E-state index is 11.8. The Bertz CT molecular complexity index is 958. The lowest BCUT2D eigenvalue weighted by molar-refractivity contribution is -0.325. The standard InChI is InChI=1S/C31H50O9/c1-19(13-17-36-20(2)32)10-11-25-30(7)15-9-14-29(5,6)24(30)12-16-31(25,8)40-28-26(35)27(39-22(4)34)23(18-37-28)38-21(3)33/h13,23-28,35H,9-12,14-18H2,1-8H3. The molecule has 8 atom stereocenters. The van der Waals surface area contributed by atoms with E-state index in [1.54, 1.807) is 0 Å². The average Bonchev–Trinajstić information content (AvgIpc) is 2.81. The lowest BCUT2D eigenvalue weighted by atomic mass is 9.45. The zero-order chi connectivity index (χ0) is 29.9. The molecule has 0 radical (unpaired) electrons. The number of hydrogen-bond donors (Lipinski definition) is 1. The van der Waals surface area contributed by atoms with Gasteiger partial charge in [0.25, 0.3) is 0 Å². The van der Waals surface area contributed by atoms with Crippen molar-refractivity contribution in [2.24, 2.45) is 22.7 Å². The van der Waals surface area contributed by atoms with E-state index in [9.17, 15) is 19.5 Å². The van der Waals surface area contributed by atoms with Crippen LogP contribution in [0.25, 0.3) is 0 Å². The van der Waals surface area contributed by atoms with Crippen LogP contribution in [-0.2, 0) is 38.1 Å². The SMILES string of the molecule is CC(=O)OCC=C(C)CCC1C(C)(OC2OCC(OC(C)=O)C(OC(C)=O)C2O)CCC2C(C)(C)CCCC21C. The van der Waals surface area contributed by atoms with Gasteiger partial charge in [-0.3, -0.25) is 14.4 Å². The summed E-state index contributed by atoms with van der Waals surface area (Å²) >= 11 is 0. The van der Waals surface area contributed by atoms with Crippen molar-refractivity contribution in [1.29, 1.82) is 0 Å². The molecule has 1 aliphatic heterocycles. The molecule has 40 heavy (non-hydrogen) atoms. The monoisotopic (exact) mass is 566 g/mol. The van der Waals surface area contributed by atoms with Gasteiger partial charge in [0.15, 0.2) is 18.5 Å². The molecule has 1 N–H and O–H groups in total. The van der Waals surface area contributed by atoms with Crippen LogP contribution in [0.4, 0.5) is 0 Å². The number of hydrogen-bond acceptors (Lipinski definition) is 9. The number of aliphatic hydroxyl groups is 1. The molecule has 3 rings (SSSR count). The van der Waals surface area contributed by atoms with Crippen LogP contribution in [0.15, 0.2) is 11.6 Å². The molecule has 0 aromatic rings. The second kappa shape index (κ2) is 12.9. The second-order valence-corrected chi connectivity index (χ2v) is 13.2. The van der Waals surface area contributed by atoms with Crippen LogP contribution < -0.4 is 0 Å². The third-order valence-corrected chi connectivity index (χ3v) is 9.70. The van der Waals surface area contributed by atoms with Crippen molar-refractivity contribution in [2.45, 2.75) is 131 Å². The summed E-state index contributed by atoms with van der Waals surface area (Å²) in [7, 11) is 0. The first kappa shape index (κ1) is 32.5. The van der Waals surface area contributed by atoms with E-state index in [2.05, 4.69) is 34.6 Å². The Hall–Kier alpha value is -1.97. The number of rotatable bonds is 9. The molecular formula is C31H50O9. The highest BCUT2D eigenvalue weighted by Gasteiger charge is 2.60. The topological polar surface area (TPSA) is 118 Å². The Morgan fingerprint density at radius 2 is 1.62 bits per heavy atom. The van der Waals surface area contributed by atoms with Gasteiger partial charge >= 0.3 is 17.9 Å². The molecule has 0 bridgehead atoms. The fourth-order valence-corrected chi connectivity index (χ4v) is 7.94. The van der Waals surface area contributed by atoms with Crippen molar-refractivity contribution in [1.82, 2.24) is 0 Å². The number of esters is 3. The quantitative estimate of drug-likeness (QED) is 0.180. The summed E-state index contributed by atoms with van der Waals surface area (Å²) in [5.74, 6) is -0.747. The molecule has 0 spiro atoms. The Morgan fingerprint density at radius 3 is 2.25 bits per heavy atom. The van der Waals surface area contributed by atoms with Gasteiger partial charge in [0.1, 0.15) is 12.7 Å². The molecule has 2 aliphatic carbocycles. The first-order chi connectivity index (χ1) is 18.6. The van der Waals surface area contributed by atoms with E-state index in [1.165, 1.54) is 27.2 Å². The van der Waals surface area contributed by atoms with E-state index in [0.717, 1.165) is 44.1 Å². The number of fused-ring (bicyclic) bond motifs is 1. The molecule has 0 amide bonds. The van der Waals surface area contributed by atoms with Crippen molar-refractivity contribution in [3.05, 3.63) is 11.6 Å². The summed E-state index contributed by atoms with van der Waals surface area (Å²) in [6, 6.07) is 0. The van der Waals surface area contributed by atoms with Gasteiger partial charge in [-0.1, -0.05) is 32.8 Å². The summed E-state index contributed by atoms with van der Waals surface area (Å²) in [6.07, 6.45) is 4.53. The van der Waals surface area contributed by atoms with Crippen molar-refractivity contribution >= 4 is 17.9 Å². The van der Waals surface area contributed by atoms with Crippen LogP contribution in [0.5, 0.6) is 0 Å². The van der Waals surface area contributed by atoms with Crippen LogP contribution >= 0.6 is 0 Å². The highest BCUT2D eigenvalue weighted by molar-refractivity contribution is 5.67. The summed E-state index contributed by atoms with van der Waals surface area (Å²) in [5, 5.41) is 11.3. The highest BCUT2D eigenvalue weighted by Crippen LogP contribution is 2.64. The highest BCUT2D eigenvalue weighted by atomic mass is 16.7. The molecule has 3 fully saturated rings. The predicted molar refractivity (Wildman–Crippen MR) is 148 cm³/mol. The molecule has 3 aliphatic rings. The van der Waals surface area contributed by atoms with Crippen LogP contribution in [0, 0.1) is 22.7 Å². The van der Waals surface area contributed by atoms with E-state index in [1.807, 2.05) is 6.08 Å². The van der Waals surface area contributed by atoms with Gasteiger partial charge in [-0.05, 0) is 81.1 Å². The van der Waals surface area contributed by atoms with Crippen LogP contribution in [-0.4, -0.2) is 66.4 Å².